The Morgan fingerprint density at radius 3 is 2.63 bits per heavy atom. The second-order valence-corrected chi connectivity index (χ2v) is 6.61. The van der Waals surface area contributed by atoms with E-state index in [4.69, 9.17) is 5.11 Å². The van der Waals surface area contributed by atoms with Gasteiger partial charge in [-0.05, 0) is 40.6 Å². The van der Waals surface area contributed by atoms with E-state index in [1.807, 2.05) is 0 Å². The van der Waals surface area contributed by atoms with Crippen molar-refractivity contribution >= 4 is 27.1 Å². The van der Waals surface area contributed by atoms with Crippen LogP contribution in [-0.4, -0.2) is 19.5 Å². The van der Waals surface area contributed by atoms with Crippen LogP contribution < -0.4 is 0 Å². The molecule has 1 aromatic heterocycles. The zero-order valence-corrected chi connectivity index (χ0v) is 11.2. The summed E-state index contributed by atoms with van der Waals surface area (Å²) in [7, 11) is -3.68. The molecule has 2 aromatic rings. The fraction of sp³-hybridized carbons (Fsp3) is 0.0833. The highest BCUT2D eigenvalue weighted by Gasteiger charge is 2.19. The molecular weight excluding hydrogens is 291 g/mol. The Balaban J connectivity index is 2.41. The van der Waals surface area contributed by atoms with Gasteiger partial charge in [0.05, 0.1) is 16.2 Å². The van der Waals surface area contributed by atoms with Crippen LogP contribution in [0.5, 0.6) is 0 Å². The van der Waals surface area contributed by atoms with Gasteiger partial charge in [0, 0.05) is 0 Å². The molecule has 0 amide bonds. The van der Waals surface area contributed by atoms with E-state index in [0.29, 0.717) is 5.56 Å². The fourth-order valence-corrected chi connectivity index (χ4v) is 3.67. The first kappa shape index (κ1) is 13.7. The van der Waals surface area contributed by atoms with Gasteiger partial charge in [-0.25, -0.2) is 17.6 Å². The van der Waals surface area contributed by atoms with Gasteiger partial charge in [-0.15, -0.1) is 0 Å². The van der Waals surface area contributed by atoms with E-state index in [1.54, 1.807) is 16.8 Å². The van der Waals surface area contributed by atoms with Crippen LogP contribution in [0.3, 0.4) is 0 Å². The fourth-order valence-electron chi connectivity index (χ4n) is 1.54. The van der Waals surface area contributed by atoms with E-state index in [2.05, 4.69) is 0 Å². The Morgan fingerprint density at radius 2 is 2.05 bits per heavy atom. The maximum atomic E-state index is 13.2. The predicted molar refractivity (Wildman–Crippen MR) is 68.6 cm³/mol. The van der Waals surface area contributed by atoms with Crippen molar-refractivity contribution in [3.05, 3.63) is 52.0 Å². The van der Waals surface area contributed by atoms with Gasteiger partial charge in [0.1, 0.15) is 5.82 Å². The molecule has 100 valence electrons. The molecule has 0 atom stereocenters. The number of hydrogen-bond donors (Lipinski definition) is 1. The summed E-state index contributed by atoms with van der Waals surface area (Å²) in [5.74, 6) is -2.69. The molecule has 0 aliphatic rings. The number of sulfone groups is 1. The highest BCUT2D eigenvalue weighted by atomic mass is 32.2. The average molecular weight is 300 g/mol. The van der Waals surface area contributed by atoms with Gasteiger partial charge >= 0.3 is 5.97 Å². The first-order valence-corrected chi connectivity index (χ1v) is 7.76. The van der Waals surface area contributed by atoms with Crippen molar-refractivity contribution in [3.63, 3.8) is 0 Å². The topological polar surface area (TPSA) is 71.4 Å². The number of halogens is 1. The Morgan fingerprint density at radius 1 is 1.32 bits per heavy atom. The molecule has 0 bridgehead atoms. The number of rotatable bonds is 4. The maximum Gasteiger partial charge on any atom is 0.338 e. The smallest absolute Gasteiger partial charge is 0.338 e. The van der Waals surface area contributed by atoms with E-state index in [0.717, 1.165) is 18.2 Å². The lowest BCUT2D eigenvalue weighted by atomic mass is 10.2. The van der Waals surface area contributed by atoms with E-state index in [9.17, 15) is 17.6 Å². The number of carbonyl (C=O) groups is 1. The van der Waals surface area contributed by atoms with Crippen LogP contribution in [0.4, 0.5) is 4.39 Å². The molecule has 0 aliphatic carbocycles. The molecule has 2 rings (SSSR count). The van der Waals surface area contributed by atoms with Gasteiger partial charge in [-0.1, -0.05) is 0 Å². The second kappa shape index (κ2) is 5.10. The second-order valence-electron chi connectivity index (χ2n) is 3.84. The lowest BCUT2D eigenvalue weighted by Crippen LogP contribution is -2.08. The van der Waals surface area contributed by atoms with Crippen molar-refractivity contribution in [1.29, 1.82) is 0 Å². The van der Waals surface area contributed by atoms with Gasteiger partial charge in [0.25, 0.3) is 0 Å². The minimum Gasteiger partial charge on any atom is -0.478 e. The van der Waals surface area contributed by atoms with Crippen LogP contribution in [-0.2, 0) is 15.6 Å². The summed E-state index contributed by atoms with van der Waals surface area (Å²) in [5, 5.41) is 12.2. The highest BCUT2D eigenvalue weighted by Crippen LogP contribution is 2.20. The van der Waals surface area contributed by atoms with Crippen LogP contribution in [0.15, 0.2) is 39.9 Å². The molecule has 0 fully saturated rings. The standard InChI is InChI=1S/C12H9FO4S2/c13-11-2-1-9(5-10(11)12(14)15)19(16,17)7-8-3-4-18-6-8/h1-6H,7H2,(H,14,15). The molecule has 1 heterocycles. The van der Waals surface area contributed by atoms with Gasteiger partial charge in [0.15, 0.2) is 9.84 Å². The molecule has 0 aliphatic heterocycles. The highest BCUT2D eigenvalue weighted by molar-refractivity contribution is 7.90. The minimum atomic E-state index is -3.68. The summed E-state index contributed by atoms with van der Waals surface area (Å²) in [4.78, 5) is 10.6. The number of carboxylic acid groups (broad SMARTS) is 1. The Kier molecular flexibility index (Phi) is 3.68. The molecule has 7 heteroatoms. The number of carboxylic acids is 1. The quantitative estimate of drug-likeness (QED) is 0.881. The normalized spacial score (nSPS) is 11.4. The van der Waals surface area contributed by atoms with Gasteiger partial charge in [0.2, 0.25) is 0 Å². The summed E-state index contributed by atoms with van der Waals surface area (Å²) in [6.07, 6.45) is 0. The van der Waals surface area contributed by atoms with Crippen LogP contribution >= 0.6 is 11.3 Å². The Hall–Kier alpha value is -1.73. The third-order valence-corrected chi connectivity index (χ3v) is 4.88. The lowest BCUT2D eigenvalue weighted by Gasteiger charge is -2.05. The first-order valence-electron chi connectivity index (χ1n) is 5.17. The van der Waals surface area contributed by atoms with Gasteiger partial charge in [-0.2, -0.15) is 11.3 Å². The Labute approximate surface area is 113 Å². The molecule has 19 heavy (non-hydrogen) atoms. The third kappa shape index (κ3) is 2.99. The summed E-state index contributed by atoms with van der Waals surface area (Å²) < 4.78 is 37.4. The molecule has 4 nitrogen and oxygen atoms in total. The maximum absolute atomic E-state index is 13.2. The molecule has 0 saturated heterocycles. The molecule has 0 radical (unpaired) electrons. The van der Waals surface area contributed by atoms with Crippen LogP contribution in [0.25, 0.3) is 0 Å². The molecule has 0 spiro atoms. The zero-order chi connectivity index (χ0) is 14.0. The van der Waals surface area contributed by atoms with E-state index in [1.165, 1.54) is 11.3 Å². The monoisotopic (exact) mass is 300 g/mol. The van der Waals surface area contributed by atoms with E-state index < -0.39 is 27.2 Å². The van der Waals surface area contributed by atoms with Gasteiger partial charge in [-0.3, -0.25) is 0 Å². The van der Waals surface area contributed by atoms with E-state index >= 15 is 0 Å². The number of benzene rings is 1. The molecule has 1 N–H and O–H groups in total. The number of thiophene rings is 1. The molecular formula is C12H9FO4S2. The number of aromatic carboxylic acids is 1. The summed E-state index contributed by atoms with van der Waals surface area (Å²) in [5.41, 5.74) is -0.0300. The van der Waals surface area contributed by atoms with Crippen molar-refractivity contribution < 1.29 is 22.7 Å². The van der Waals surface area contributed by atoms with Crippen LogP contribution in [0.2, 0.25) is 0 Å². The third-order valence-electron chi connectivity index (χ3n) is 2.46. The largest absolute Gasteiger partial charge is 0.478 e. The number of hydrogen-bond acceptors (Lipinski definition) is 4. The van der Waals surface area contributed by atoms with Crippen molar-refractivity contribution in [2.24, 2.45) is 0 Å². The van der Waals surface area contributed by atoms with Crippen molar-refractivity contribution in [3.8, 4) is 0 Å². The van der Waals surface area contributed by atoms with Crippen molar-refractivity contribution in [2.75, 3.05) is 0 Å². The summed E-state index contributed by atoms with van der Waals surface area (Å²) in [6.45, 7) is 0. The van der Waals surface area contributed by atoms with Crippen molar-refractivity contribution in [2.45, 2.75) is 10.6 Å². The van der Waals surface area contributed by atoms with Crippen LogP contribution in [0.1, 0.15) is 15.9 Å². The molecule has 0 saturated carbocycles. The van der Waals surface area contributed by atoms with Gasteiger partial charge < -0.3 is 5.11 Å². The first-order chi connectivity index (χ1) is 8.90. The Bertz CT molecular complexity index is 705. The molecule has 0 unspecified atom stereocenters. The lowest BCUT2D eigenvalue weighted by molar-refractivity contribution is 0.0691. The predicted octanol–water partition coefficient (Wildman–Crippen LogP) is 2.56. The summed E-state index contributed by atoms with van der Waals surface area (Å²) in [6, 6.07) is 4.44. The van der Waals surface area contributed by atoms with Crippen molar-refractivity contribution in [1.82, 2.24) is 0 Å². The molecule has 1 aromatic carbocycles. The SMILES string of the molecule is O=C(O)c1cc(S(=O)(=O)Cc2ccsc2)ccc1F. The van der Waals surface area contributed by atoms with Crippen LogP contribution in [0, 0.1) is 5.82 Å². The van der Waals surface area contributed by atoms with E-state index in [-0.39, 0.29) is 10.6 Å². The average Bonchev–Trinajstić information content (AvgIpc) is 2.80. The zero-order valence-electron chi connectivity index (χ0n) is 9.54. The minimum absolute atomic E-state index is 0.197. The summed E-state index contributed by atoms with van der Waals surface area (Å²) >= 11 is 1.37.